The second kappa shape index (κ2) is 7.44. The molecular formula is C12H16Br2N2S. The van der Waals surface area contributed by atoms with Gasteiger partial charge < -0.3 is 4.90 Å². The molecule has 2 rings (SSSR count). The van der Waals surface area contributed by atoms with E-state index in [0.29, 0.717) is 5.25 Å². The van der Waals surface area contributed by atoms with E-state index in [0.717, 1.165) is 23.6 Å². The molecule has 0 saturated heterocycles. The monoisotopic (exact) mass is 378 g/mol. The maximum Gasteiger partial charge on any atom is 0.159 e. The van der Waals surface area contributed by atoms with Gasteiger partial charge in [-0.15, -0.1) is 17.0 Å². The Bertz CT molecular complexity index is 370. The number of rotatable bonds is 3. The second-order valence-corrected chi connectivity index (χ2v) is 5.77. The van der Waals surface area contributed by atoms with E-state index in [1.165, 1.54) is 5.56 Å². The average molecular weight is 380 g/mol. The highest BCUT2D eigenvalue weighted by molar-refractivity contribution is 9.09. The van der Waals surface area contributed by atoms with Crippen molar-refractivity contribution in [1.82, 2.24) is 4.90 Å². The Balaban J connectivity index is 0.00000144. The predicted molar refractivity (Wildman–Crippen MR) is 85.7 cm³/mol. The molecule has 17 heavy (non-hydrogen) atoms. The number of halogens is 2. The molecule has 5 heteroatoms. The minimum Gasteiger partial charge on any atom is -0.350 e. The van der Waals surface area contributed by atoms with Crippen LogP contribution in [0.25, 0.3) is 0 Å². The van der Waals surface area contributed by atoms with Crippen molar-refractivity contribution in [2.75, 3.05) is 18.9 Å². The molecule has 0 N–H and O–H groups in total. The van der Waals surface area contributed by atoms with Crippen LogP contribution >= 0.6 is 44.7 Å². The number of benzene rings is 1. The first kappa shape index (κ1) is 15.1. The van der Waals surface area contributed by atoms with Crippen molar-refractivity contribution in [3.8, 4) is 0 Å². The molecule has 94 valence electrons. The summed E-state index contributed by atoms with van der Waals surface area (Å²) in [6.45, 7) is 1.87. The van der Waals surface area contributed by atoms with Gasteiger partial charge in [0.15, 0.2) is 5.17 Å². The normalized spacial score (nSPS) is 18.5. The molecule has 0 bridgehead atoms. The summed E-state index contributed by atoms with van der Waals surface area (Å²) in [5.41, 5.74) is 1.33. The molecule has 0 aliphatic carbocycles. The number of aliphatic imine (C=N–C) groups is 1. The van der Waals surface area contributed by atoms with Crippen molar-refractivity contribution < 1.29 is 0 Å². The number of thioether (sulfide) groups is 1. The molecule has 0 fully saturated rings. The van der Waals surface area contributed by atoms with Crippen molar-refractivity contribution in [1.29, 1.82) is 0 Å². The van der Waals surface area contributed by atoms with Crippen LogP contribution in [0.2, 0.25) is 0 Å². The first-order valence-electron chi connectivity index (χ1n) is 5.31. The second-order valence-electron chi connectivity index (χ2n) is 3.86. The topological polar surface area (TPSA) is 15.6 Å². The first-order chi connectivity index (χ1) is 7.79. The Labute approximate surface area is 126 Å². The third-order valence-electron chi connectivity index (χ3n) is 2.46. The highest BCUT2D eigenvalue weighted by atomic mass is 79.9. The lowest BCUT2D eigenvalue weighted by atomic mass is 10.2. The van der Waals surface area contributed by atoms with Crippen LogP contribution in [0, 0.1) is 0 Å². The fraction of sp³-hybridized carbons (Fsp3) is 0.417. The van der Waals surface area contributed by atoms with E-state index < -0.39 is 0 Å². The average Bonchev–Trinajstić information content (AvgIpc) is 2.79. The van der Waals surface area contributed by atoms with Gasteiger partial charge in [0.05, 0.1) is 6.54 Å². The lowest BCUT2D eigenvalue weighted by Gasteiger charge is -2.18. The lowest BCUT2D eigenvalue weighted by Crippen LogP contribution is -2.22. The Morgan fingerprint density at radius 2 is 2.12 bits per heavy atom. The summed E-state index contributed by atoms with van der Waals surface area (Å²) in [6, 6.07) is 10.5. The van der Waals surface area contributed by atoms with Crippen LogP contribution in [-0.2, 0) is 6.54 Å². The van der Waals surface area contributed by atoms with E-state index in [1.54, 1.807) is 0 Å². The molecule has 1 atom stereocenters. The minimum absolute atomic E-state index is 0. The van der Waals surface area contributed by atoms with Crippen molar-refractivity contribution >= 4 is 49.8 Å². The van der Waals surface area contributed by atoms with E-state index in [4.69, 9.17) is 0 Å². The maximum atomic E-state index is 4.56. The molecule has 0 amide bonds. The Hall–Kier alpha value is -0.000000000000000111. The molecule has 1 aromatic rings. The third kappa shape index (κ3) is 4.30. The SMILES string of the molecule is Br.CN(Cc1ccccc1)C1=NCC(CBr)S1. The van der Waals surface area contributed by atoms with E-state index >= 15 is 0 Å². The molecule has 0 saturated carbocycles. The third-order valence-corrected chi connectivity index (χ3v) is 4.97. The van der Waals surface area contributed by atoms with Crippen LogP contribution in [0.15, 0.2) is 35.3 Å². The standard InChI is InChI=1S/C12H15BrN2S.BrH/c1-15(9-10-5-3-2-4-6-10)12-14-8-11(7-13)16-12;/h2-6,11H,7-9H2,1H3;1H. The van der Waals surface area contributed by atoms with Gasteiger partial charge in [0.25, 0.3) is 0 Å². The van der Waals surface area contributed by atoms with E-state index in [9.17, 15) is 0 Å². The molecule has 1 heterocycles. The van der Waals surface area contributed by atoms with E-state index in [-0.39, 0.29) is 17.0 Å². The summed E-state index contributed by atoms with van der Waals surface area (Å²) in [4.78, 5) is 6.78. The zero-order valence-corrected chi connectivity index (χ0v) is 13.8. The number of amidine groups is 1. The van der Waals surface area contributed by atoms with Crippen LogP contribution in [0.4, 0.5) is 0 Å². The summed E-state index contributed by atoms with van der Waals surface area (Å²) < 4.78 is 0. The fourth-order valence-electron chi connectivity index (χ4n) is 1.62. The summed E-state index contributed by atoms with van der Waals surface area (Å²) in [5.74, 6) is 0. The Morgan fingerprint density at radius 3 is 2.71 bits per heavy atom. The molecule has 0 aromatic heterocycles. The fourth-order valence-corrected chi connectivity index (χ4v) is 3.12. The summed E-state index contributed by atoms with van der Waals surface area (Å²) >= 11 is 5.37. The maximum absolute atomic E-state index is 4.56. The van der Waals surface area contributed by atoms with Crippen LogP contribution < -0.4 is 0 Å². The van der Waals surface area contributed by atoms with Gasteiger partial charge in [0.2, 0.25) is 0 Å². The number of hydrogen-bond donors (Lipinski definition) is 0. The molecule has 0 spiro atoms. The van der Waals surface area contributed by atoms with Crippen LogP contribution in [0.5, 0.6) is 0 Å². The zero-order chi connectivity index (χ0) is 11.4. The van der Waals surface area contributed by atoms with Gasteiger partial charge in [0, 0.05) is 24.2 Å². The predicted octanol–water partition coefficient (Wildman–Crippen LogP) is 3.56. The number of alkyl halides is 1. The van der Waals surface area contributed by atoms with Crippen LogP contribution in [0.3, 0.4) is 0 Å². The van der Waals surface area contributed by atoms with Crippen molar-refractivity contribution in [2.24, 2.45) is 4.99 Å². The lowest BCUT2D eigenvalue weighted by molar-refractivity contribution is 0.510. The molecule has 1 unspecified atom stereocenters. The summed E-state index contributed by atoms with van der Waals surface area (Å²) in [7, 11) is 2.11. The van der Waals surface area contributed by atoms with Gasteiger partial charge in [-0.25, -0.2) is 0 Å². The first-order valence-corrected chi connectivity index (χ1v) is 7.32. The largest absolute Gasteiger partial charge is 0.350 e. The highest BCUT2D eigenvalue weighted by Gasteiger charge is 2.20. The van der Waals surface area contributed by atoms with Gasteiger partial charge in [-0.2, -0.15) is 0 Å². The molecule has 1 aromatic carbocycles. The molecule has 2 nitrogen and oxygen atoms in total. The quantitative estimate of drug-likeness (QED) is 0.746. The van der Waals surface area contributed by atoms with Gasteiger partial charge in [-0.3, -0.25) is 4.99 Å². The van der Waals surface area contributed by atoms with E-state index in [2.05, 4.69) is 57.1 Å². The van der Waals surface area contributed by atoms with Crippen molar-refractivity contribution in [3.05, 3.63) is 35.9 Å². The molecule has 1 aliphatic rings. The molecule has 0 radical (unpaired) electrons. The van der Waals surface area contributed by atoms with Gasteiger partial charge in [0.1, 0.15) is 0 Å². The molecular weight excluding hydrogens is 364 g/mol. The van der Waals surface area contributed by atoms with Gasteiger partial charge in [-0.1, -0.05) is 58.0 Å². The highest BCUT2D eigenvalue weighted by Crippen LogP contribution is 2.24. The van der Waals surface area contributed by atoms with Crippen molar-refractivity contribution in [2.45, 2.75) is 11.8 Å². The van der Waals surface area contributed by atoms with Gasteiger partial charge >= 0.3 is 0 Å². The smallest absolute Gasteiger partial charge is 0.159 e. The summed E-state index contributed by atoms with van der Waals surface area (Å²) in [5, 5.41) is 2.78. The number of nitrogens with zero attached hydrogens (tertiary/aromatic N) is 2. The van der Waals surface area contributed by atoms with Gasteiger partial charge in [-0.05, 0) is 5.56 Å². The van der Waals surface area contributed by atoms with Crippen molar-refractivity contribution in [3.63, 3.8) is 0 Å². The molecule has 1 aliphatic heterocycles. The van der Waals surface area contributed by atoms with E-state index in [1.807, 2.05) is 17.8 Å². The Kier molecular flexibility index (Phi) is 6.59. The zero-order valence-electron chi connectivity index (χ0n) is 9.67. The van der Waals surface area contributed by atoms with Crippen LogP contribution in [-0.4, -0.2) is 34.2 Å². The number of hydrogen-bond acceptors (Lipinski definition) is 3. The van der Waals surface area contributed by atoms with Crippen LogP contribution in [0.1, 0.15) is 5.56 Å². The summed E-state index contributed by atoms with van der Waals surface area (Å²) in [6.07, 6.45) is 0. The minimum atomic E-state index is 0. The Morgan fingerprint density at radius 1 is 1.41 bits per heavy atom.